The summed E-state index contributed by atoms with van der Waals surface area (Å²) in [5.41, 5.74) is 4.02. The molecule has 0 N–H and O–H groups in total. The molecule has 0 aliphatic heterocycles. The molecule has 0 radical (unpaired) electrons. The Morgan fingerprint density at radius 3 is 2.58 bits per heavy atom. The topological polar surface area (TPSA) is 33.2 Å². The highest BCUT2D eigenvalue weighted by Crippen LogP contribution is 2.22. The first kappa shape index (κ1) is 13.3. The van der Waals surface area contributed by atoms with Crippen LogP contribution in [0.15, 0.2) is 42.7 Å². The average Bonchev–Trinajstić information content (AvgIpc) is 2.46. The van der Waals surface area contributed by atoms with E-state index in [1.54, 1.807) is 12.4 Å². The van der Waals surface area contributed by atoms with Crippen molar-refractivity contribution >= 4 is 12.0 Å². The van der Waals surface area contributed by atoms with Gasteiger partial charge in [0.2, 0.25) is 0 Å². The molecule has 0 amide bonds. The fourth-order valence-corrected chi connectivity index (χ4v) is 2.13. The first-order valence-electron chi connectivity index (χ1n) is 6.44. The highest BCUT2D eigenvalue weighted by atomic mass is 16.1. The van der Waals surface area contributed by atoms with E-state index < -0.39 is 0 Å². The highest BCUT2D eigenvalue weighted by Gasteiger charge is 2.10. The van der Waals surface area contributed by atoms with Crippen molar-refractivity contribution in [2.45, 2.75) is 20.4 Å². The molecule has 0 saturated carbocycles. The SMILES string of the molecule is CCN(Cc1ccncc1)c1ccc(C)cc1C=O. The van der Waals surface area contributed by atoms with Gasteiger partial charge < -0.3 is 4.90 Å². The molecule has 1 aromatic carbocycles. The summed E-state index contributed by atoms with van der Waals surface area (Å²) in [4.78, 5) is 17.4. The van der Waals surface area contributed by atoms with E-state index in [-0.39, 0.29) is 0 Å². The molecule has 3 heteroatoms. The lowest BCUT2D eigenvalue weighted by atomic mass is 10.1. The minimum Gasteiger partial charge on any atom is -0.367 e. The van der Waals surface area contributed by atoms with Crippen molar-refractivity contribution in [3.05, 3.63) is 59.4 Å². The third kappa shape index (κ3) is 3.19. The van der Waals surface area contributed by atoms with E-state index in [1.807, 2.05) is 37.3 Å². The molecule has 0 aliphatic rings. The first-order valence-corrected chi connectivity index (χ1v) is 6.44. The zero-order valence-electron chi connectivity index (χ0n) is 11.3. The van der Waals surface area contributed by atoms with Gasteiger partial charge in [0.1, 0.15) is 0 Å². The third-order valence-corrected chi connectivity index (χ3v) is 3.16. The van der Waals surface area contributed by atoms with Gasteiger partial charge >= 0.3 is 0 Å². The van der Waals surface area contributed by atoms with Crippen molar-refractivity contribution in [2.75, 3.05) is 11.4 Å². The molecule has 0 aliphatic carbocycles. The van der Waals surface area contributed by atoms with Crippen molar-refractivity contribution in [3.8, 4) is 0 Å². The van der Waals surface area contributed by atoms with Crippen LogP contribution in [0.2, 0.25) is 0 Å². The molecule has 3 nitrogen and oxygen atoms in total. The summed E-state index contributed by atoms with van der Waals surface area (Å²) in [5.74, 6) is 0. The van der Waals surface area contributed by atoms with E-state index >= 15 is 0 Å². The summed E-state index contributed by atoms with van der Waals surface area (Å²) in [5, 5.41) is 0. The maximum absolute atomic E-state index is 11.2. The van der Waals surface area contributed by atoms with Gasteiger partial charge in [-0.3, -0.25) is 9.78 Å². The van der Waals surface area contributed by atoms with Crippen LogP contribution >= 0.6 is 0 Å². The molecule has 0 fully saturated rings. The van der Waals surface area contributed by atoms with E-state index in [0.717, 1.165) is 36.2 Å². The number of benzene rings is 1. The fourth-order valence-electron chi connectivity index (χ4n) is 2.13. The van der Waals surface area contributed by atoms with Gasteiger partial charge in [0.25, 0.3) is 0 Å². The number of anilines is 1. The predicted octanol–water partition coefficient (Wildman–Crippen LogP) is 3.23. The van der Waals surface area contributed by atoms with Gasteiger partial charge in [0.15, 0.2) is 6.29 Å². The lowest BCUT2D eigenvalue weighted by Crippen LogP contribution is -2.23. The highest BCUT2D eigenvalue weighted by molar-refractivity contribution is 5.85. The van der Waals surface area contributed by atoms with Crippen LogP contribution in [0.25, 0.3) is 0 Å². The lowest BCUT2D eigenvalue weighted by Gasteiger charge is -2.24. The van der Waals surface area contributed by atoms with Crippen LogP contribution in [-0.4, -0.2) is 17.8 Å². The summed E-state index contributed by atoms with van der Waals surface area (Å²) < 4.78 is 0. The molecule has 2 aromatic rings. The molecule has 98 valence electrons. The Morgan fingerprint density at radius 1 is 1.21 bits per heavy atom. The molecule has 0 atom stereocenters. The number of aldehydes is 1. The minimum absolute atomic E-state index is 0.746. The van der Waals surface area contributed by atoms with Gasteiger partial charge in [-0.05, 0) is 43.7 Å². The molecule has 1 heterocycles. The van der Waals surface area contributed by atoms with Crippen molar-refractivity contribution in [3.63, 3.8) is 0 Å². The van der Waals surface area contributed by atoms with Crippen LogP contribution in [0.1, 0.15) is 28.4 Å². The number of aryl methyl sites for hydroxylation is 1. The summed E-state index contributed by atoms with van der Waals surface area (Å²) in [6.45, 7) is 5.72. The van der Waals surface area contributed by atoms with Crippen molar-refractivity contribution in [1.82, 2.24) is 4.98 Å². The van der Waals surface area contributed by atoms with Crippen molar-refractivity contribution in [1.29, 1.82) is 0 Å². The number of carbonyl (C=O) groups excluding carboxylic acids is 1. The van der Waals surface area contributed by atoms with E-state index in [9.17, 15) is 4.79 Å². The molecule has 2 rings (SSSR count). The largest absolute Gasteiger partial charge is 0.367 e. The normalized spacial score (nSPS) is 10.2. The minimum atomic E-state index is 0.746. The van der Waals surface area contributed by atoms with E-state index in [1.165, 1.54) is 5.56 Å². The van der Waals surface area contributed by atoms with Crippen LogP contribution in [0, 0.1) is 6.92 Å². The Bertz CT molecular complexity index is 552. The summed E-state index contributed by atoms with van der Waals surface area (Å²) >= 11 is 0. The van der Waals surface area contributed by atoms with Crippen LogP contribution in [0.5, 0.6) is 0 Å². The number of pyridine rings is 1. The lowest BCUT2D eigenvalue weighted by molar-refractivity contribution is 0.112. The molecule has 0 spiro atoms. The van der Waals surface area contributed by atoms with Gasteiger partial charge in [-0.15, -0.1) is 0 Å². The molecule has 19 heavy (non-hydrogen) atoms. The Hall–Kier alpha value is -2.16. The monoisotopic (exact) mass is 254 g/mol. The van der Waals surface area contributed by atoms with Crippen LogP contribution in [0.3, 0.4) is 0 Å². The number of nitrogens with zero attached hydrogens (tertiary/aromatic N) is 2. The number of carbonyl (C=O) groups is 1. The van der Waals surface area contributed by atoms with Crippen molar-refractivity contribution in [2.24, 2.45) is 0 Å². The third-order valence-electron chi connectivity index (χ3n) is 3.16. The fraction of sp³-hybridized carbons (Fsp3) is 0.250. The number of aromatic nitrogens is 1. The average molecular weight is 254 g/mol. The van der Waals surface area contributed by atoms with Gasteiger partial charge in [-0.25, -0.2) is 0 Å². The van der Waals surface area contributed by atoms with E-state index in [0.29, 0.717) is 0 Å². The Labute approximate surface area is 113 Å². The Kier molecular flexibility index (Phi) is 4.29. The molecular weight excluding hydrogens is 236 g/mol. The van der Waals surface area contributed by atoms with Gasteiger partial charge in [-0.2, -0.15) is 0 Å². The molecular formula is C16H18N2O. The quantitative estimate of drug-likeness (QED) is 0.768. The van der Waals surface area contributed by atoms with Gasteiger partial charge in [-0.1, -0.05) is 11.6 Å². The van der Waals surface area contributed by atoms with Crippen LogP contribution in [0.4, 0.5) is 5.69 Å². The molecule has 0 saturated heterocycles. The summed E-state index contributed by atoms with van der Waals surface area (Å²) in [6, 6.07) is 9.98. The van der Waals surface area contributed by atoms with Crippen LogP contribution < -0.4 is 4.90 Å². The first-order chi connectivity index (χ1) is 9.24. The zero-order chi connectivity index (χ0) is 13.7. The van der Waals surface area contributed by atoms with Gasteiger partial charge in [0.05, 0.1) is 0 Å². The standard InChI is InChI=1S/C16H18N2O/c1-3-18(11-14-6-8-17-9-7-14)16-5-4-13(2)10-15(16)12-19/h4-10,12H,3,11H2,1-2H3. The maximum Gasteiger partial charge on any atom is 0.152 e. The molecule has 0 bridgehead atoms. The summed E-state index contributed by atoms with van der Waals surface area (Å²) in [7, 11) is 0. The predicted molar refractivity (Wildman–Crippen MR) is 77.5 cm³/mol. The molecule has 0 unspecified atom stereocenters. The van der Waals surface area contributed by atoms with Crippen LogP contribution in [-0.2, 0) is 6.54 Å². The zero-order valence-corrected chi connectivity index (χ0v) is 11.3. The number of hydrogen-bond acceptors (Lipinski definition) is 3. The summed E-state index contributed by atoms with van der Waals surface area (Å²) in [6.07, 6.45) is 4.51. The van der Waals surface area contributed by atoms with Gasteiger partial charge in [0, 0.05) is 36.7 Å². The maximum atomic E-state index is 11.2. The van der Waals surface area contributed by atoms with E-state index in [2.05, 4.69) is 16.8 Å². The Balaban J connectivity index is 2.29. The number of rotatable bonds is 5. The van der Waals surface area contributed by atoms with E-state index in [4.69, 9.17) is 0 Å². The second-order valence-corrected chi connectivity index (χ2v) is 4.55. The Morgan fingerprint density at radius 2 is 1.95 bits per heavy atom. The second kappa shape index (κ2) is 6.14. The number of hydrogen-bond donors (Lipinski definition) is 0. The van der Waals surface area contributed by atoms with Crippen molar-refractivity contribution < 1.29 is 4.79 Å². The smallest absolute Gasteiger partial charge is 0.152 e. The molecule has 1 aromatic heterocycles. The second-order valence-electron chi connectivity index (χ2n) is 4.55.